The fourth-order valence-corrected chi connectivity index (χ4v) is 3.16. The molecule has 0 aromatic heterocycles. The lowest BCUT2D eigenvalue weighted by molar-refractivity contribution is 0.0827. The van der Waals surface area contributed by atoms with Crippen LogP contribution < -0.4 is 15.4 Å². The molecule has 1 amide bonds. The molecule has 0 fully saturated rings. The molecular formula is C26H30N4O2. The summed E-state index contributed by atoms with van der Waals surface area (Å²) in [7, 11) is 5.23. The summed E-state index contributed by atoms with van der Waals surface area (Å²) in [5, 5.41) is 6.64. The van der Waals surface area contributed by atoms with Crippen LogP contribution >= 0.6 is 0 Å². The molecule has 3 aromatic carbocycles. The number of nitrogens with one attached hydrogen (secondary N) is 2. The standard InChI is InChI=1S/C26H30N4O2/c1-19-8-7-10-23(16-19)32-24-11-6-5-9-22(24)18-29-26(27-2)28-17-20-12-14-21(15-13-20)25(31)30(3)4/h5-16H,17-18H2,1-4H3,(H2,27,28,29). The minimum atomic E-state index is -0.00599. The van der Waals surface area contributed by atoms with E-state index < -0.39 is 0 Å². The Morgan fingerprint density at radius 2 is 1.66 bits per heavy atom. The average Bonchev–Trinajstić information content (AvgIpc) is 2.80. The van der Waals surface area contributed by atoms with Gasteiger partial charge in [0.1, 0.15) is 11.5 Å². The minimum absolute atomic E-state index is 0.00599. The first-order valence-electron chi connectivity index (χ1n) is 10.5. The Bertz CT molecular complexity index is 1080. The molecule has 0 aliphatic carbocycles. The number of hydrogen-bond donors (Lipinski definition) is 2. The SMILES string of the molecule is CN=C(NCc1ccc(C(=O)N(C)C)cc1)NCc1ccccc1Oc1cccc(C)c1. The number of rotatable bonds is 7. The van der Waals surface area contributed by atoms with Gasteiger partial charge in [-0.05, 0) is 48.4 Å². The Labute approximate surface area is 189 Å². The summed E-state index contributed by atoms with van der Waals surface area (Å²) in [5.41, 5.74) is 3.92. The van der Waals surface area contributed by atoms with E-state index in [4.69, 9.17) is 4.74 Å². The topological polar surface area (TPSA) is 66.0 Å². The number of carbonyl (C=O) groups excluding carboxylic acids is 1. The maximum absolute atomic E-state index is 12.0. The Kier molecular flexibility index (Phi) is 7.86. The second-order valence-electron chi connectivity index (χ2n) is 7.70. The van der Waals surface area contributed by atoms with E-state index in [9.17, 15) is 4.79 Å². The lowest BCUT2D eigenvalue weighted by Gasteiger charge is -2.15. The van der Waals surface area contributed by atoms with Gasteiger partial charge in [-0.2, -0.15) is 0 Å². The zero-order valence-electron chi connectivity index (χ0n) is 19.1. The molecule has 0 unspecified atom stereocenters. The Morgan fingerprint density at radius 3 is 2.34 bits per heavy atom. The van der Waals surface area contributed by atoms with Gasteiger partial charge in [-0.3, -0.25) is 9.79 Å². The van der Waals surface area contributed by atoms with Gasteiger partial charge in [-0.15, -0.1) is 0 Å². The number of hydrogen-bond acceptors (Lipinski definition) is 3. The van der Waals surface area contributed by atoms with E-state index in [2.05, 4.69) is 15.6 Å². The first-order chi connectivity index (χ1) is 15.5. The predicted molar refractivity (Wildman–Crippen MR) is 129 cm³/mol. The molecule has 0 radical (unpaired) electrons. The number of carbonyl (C=O) groups is 1. The van der Waals surface area contributed by atoms with Gasteiger partial charge in [0.15, 0.2) is 5.96 Å². The smallest absolute Gasteiger partial charge is 0.253 e. The normalized spacial score (nSPS) is 11.1. The van der Waals surface area contributed by atoms with E-state index >= 15 is 0 Å². The quantitative estimate of drug-likeness (QED) is 0.432. The van der Waals surface area contributed by atoms with Crippen molar-refractivity contribution in [1.82, 2.24) is 15.5 Å². The van der Waals surface area contributed by atoms with E-state index in [1.54, 1.807) is 26.0 Å². The van der Waals surface area contributed by atoms with Gasteiger partial charge in [0, 0.05) is 45.4 Å². The predicted octanol–water partition coefficient (Wildman–Crippen LogP) is 4.35. The summed E-state index contributed by atoms with van der Waals surface area (Å²) in [4.78, 5) is 17.9. The van der Waals surface area contributed by atoms with Gasteiger partial charge in [0.2, 0.25) is 0 Å². The molecule has 2 N–H and O–H groups in total. The molecule has 0 saturated heterocycles. The number of aryl methyl sites for hydroxylation is 1. The lowest BCUT2D eigenvalue weighted by Crippen LogP contribution is -2.36. The minimum Gasteiger partial charge on any atom is -0.457 e. The summed E-state index contributed by atoms with van der Waals surface area (Å²) in [6, 6.07) is 23.5. The van der Waals surface area contributed by atoms with Gasteiger partial charge >= 0.3 is 0 Å². The van der Waals surface area contributed by atoms with Crippen LogP contribution in [-0.4, -0.2) is 37.9 Å². The highest BCUT2D eigenvalue weighted by Crippen LogP contribution is 2.25. The Morgan fingerprint density at radius 1 is 0.938 bits per heavy atom. The van der Waals surface area contributed by atoms with E-state index in [0.29, 0.717) is 24.6 Å². The average molecular weight is 431 g/mol. The third kappa shape index (κ3) is 6.35. The van der Waals surface area contributed by atoms with Crippen LogP contribution in [0.15, 0.2) is 77.8 Å². The first-order valence-corrected chi connectivity index (χ1v) is 10.5. The maximum atomic E-state index is 12.0. The molecule has 166 valence electrons. The van der Waals surface area contributed by atoms with Crippen molar-refractivity contribution in [3.8, 4) is 11.5 Å². The van der Waals surface area contributed by atoms with Crippen LogP contribution in [0.3, 0.4) is 0 Å². The number of ether oxygens (including phenoxy) is 1. The summed E-state index contributed by atoms with van der Waals surface area (Å²) < 4.78 is 6.10. The number of benzene rings is 3. The summed E-state index contributed by atoms with van der Waals surface area (Å²) in [5.74, 6) is 2.30. The Hall–Kier alpha value is -3.80. The van der Waals surface area contributed by atoms with Gasteiger partial charge < -0.3 is 20.3 Å². The van der Waals surface area contributed by atoms with Crippen molar-refractivity contribution < 1.29 is 9.53 Å². The largest absolute Gasteiger partial charge is 0.457 e. The van der Waals surface area contributed by atoms with Crippen LogP contribution in [0.4, 0.5) is 0 Å². The van der Waals surface area contributed by atoms with Crippen molar-refractivity contribution in [2.75, 3.05) is 21.1 Å². The summed E-state index contributed by atoms with van der Waals surface area (Å²) >= 11 is 0. The highest BCUT2D eigenvalue weighted by molar-refractivity contribution is 5.93. The third-order valence-electron chi connectivity index (χ3n) is 4.93. The van der Waals surface area contributed by atoms with E-state index in [1.165, 1.54) is 0 Å². The van der Waals surface area contributed by atoms with Gasteiger partial charge in [0.25, 0.3) is 5.91 Å². The monoisotopic (exact) mass is 430 g/mol. The zero-order valence-corrected chi connectivity index (χ0v) is 19.1. The fourth-order valence-electron chi connectivity index (χ4n) is 3.16. The zero-order chi connectivity index (χ0) is 22.9. The molecule has 0 saturated carbocycles. The number of amides is 1. The first kappa shape index (κ1) is 22.9. The van der Waals surface area contributed by atoms with Crippen LogP contribution in [0.5, 0.6) is 11.5 Å². The number of nitrogens with zero attached hydrogens (tertiary/aromatic N) is 2. The molecule has 0 heterocycles. The van der Waals surface area contributed by atoms with Crippen molar-refractivity contribution in [3.63, 3.8) is 0 Å². The molecular weight excluding hydrogens is 400 g/mol. The highest BCUT2D eigenvalue weighted by atomic mass is 16.5. The van der Waals surface area contributed by atoms with E-state index in [0.717, 1.165) is 28.2 Å². The molecule has 3 aromatic rings. The highest BCUT2D eigenvalue weighted by Gasteiger charge is 2.08. The van der Waals surface area contributed by atoms with Crippen molar-refractivity contribution in [3.05, 3.63) is 95.1 Å². The number of para-hydroxylation sites is 1. The van der Waals surface area contributed by atoms with Gasteiger partial charge in [-0.1, -0.05) is 42.5 Å². The molecule has 0 aliphatic rings. The molecule has 0 atom stereocenters. The van der Waals surface area contributed by atoms with Crippen molar-refractivity contribution in [1.29, 1.82) is 0 Å². The second-order valence-corrected chi connectivity index (χ2v) is 7.70. The second kappa shape index (κ2) is 11.0. The van der Waals surface area contributed by atoms with Crippen molar-refractivity contribution >= 4 is 11.9 Å². The van der Waals surface area contributed by atoms with Crippen molar-refractivity contribution in [2.24, 2.45) is 4.99 Å². The van der Waals surface area contributed by atoms with Gasteiger partial charge in [-0.25, -0.2) is 0 Å². The maximum Gasteiger partial charge on any atom is 0.253 e. The fraction of sp³-hybridized carbons (Fsp3) is 0.231. The lowest BCUT2D eigenvalue weighted by atomic mass is 10.1. The molecule has 0 bridgehead atoms. The van der Waals surface area contributed by atoms with Crippen LogP contribution in [0, 0.1) is 6.92 Å². The summed E-state index contributed by atoms with van der Waals surface area (Å²) in [6.07, 6.45) is 0. The molecule has 3 rings (SSSR count). The molecule has 6 nitrogen and oxygen atoms in total. The van der Waals surface area contributed by atoms with Crippen LogP contribution in [0.2, 0.25) is 0 Å². The van der Waals surface area contributed by atoms with Crippen LogP contribution in [0.25, 0.3) is 0 Å². The number of guanidine groups is 1. The van der Waals surface area contributed by atoms with Gasteiger partial charge in [0.05, 0.1) is 0 Å². The molecule has 0 spiro atoms. The summed E-state index contributed by atoms with van der Waals surface area (Å²) in [6.45, 7) is 3.21. The molecule has 0 aliphatic heterocycles. The van der Waals surface area contributed by atoms with Crippen molar-refractivity contribution in [2.45, 2.75) is 20.0 Å². The molecule has 32 heavy (non-hydrogen) atoms. The van der Waals surface area contributed by atoms with E-state index in [-0.39, 0.29) is 5.91 Å². The van der Waals surface area contributed by atoms with E-state index in [1.807, 2.05) is 79.7 Å². The third-order valence-corrected chi connectivity index (χ3v) is 4.93. The van der Waals surface area contributed by atoms with Crippen LogP contribution in [0.1, 0.15) is 27.0 Å². The Balaban J connectivity index is 1.57. The number of aliphatic imine (C=N–C) groups is 1. The van der Waals surface area contributed by atoms with Crippen LogP contribution in [-0.2, 0) is 13.1 Å². The molecule has 6 heteroatoms.